The smallest absolute Gasteiger partial charge is 0.0934 e. The van der Waals surface area contributed by atoms with E-state index in [-0.39, 0.29) is 6.10 Å². The largest absolute Gasteiger partial charge is 0.379 e. The number of unbranched alkanes of at least 4 members (excludes halogenated alkanes) is 18. The van der Waals surface area contributed by atoms with Crippen molar-refractivity contribution in [3.05, 3.63) is 48.6 Å². The van der Waals surface area contributed by atoms with Crippen LogP contribution < -0.4 is 0 Å². The SMILES string of the molecule is CCCCC/C=C\C/C=C\CCCCCCCCOCC(CN1CCC(N(C)C)C1)OCCCCCCCC/C=C\C/C=C\CCCCC. The zero-order valence-corrected chi connectivity index (χ0v) is 33.4. The first-order valence-electron chi connectivity index (χ1n) is 21.3. The summed E-state index contributed by atoms with van der Waals surface area (Å²) in [5.41, 5.74) is 0. The molecule has 1 rings (SSSR count). The average Bonchev–Trinajstić information content (AvgIpc) is 3.58. The van der Waals surface area contributed by atoms with Crippen LogP contribution in [0.5, 0.6) is 0 Å². The fraction of sp³-hybridized carbons (Fsp3) is 0.822. The third-order valence-electron chi connectivity index (χ3n) is 9.93. The van der Waals surface area contributed by atoms with Crippen LogP contribution in [0.2, 0.25) is 0 Å². The number of ether oxygens (including phenoxy) is 2. The Bertz CT molecular complexity index is 789. The minimum Gasteiger partial charge on any atom is -0.379 e. The summed E-state index contributed by atoms with van der Waals surface area (Å²) < 4.78 is 12.6. The van der Waals surface area contributed by atoms with E-state index in [9.17, 15) is 0 Å². The molecule has 2 unspecified atom stereocenters. The van der Waals surface area contributed by atoms with Gasteiger partial charge in [0.15, 0.2) is 0 Å². The molecular weight excluding hydrogens is 601 g/mol. The van der Waals surface area contributed by atoms with Gasteiger partial charge < -0.3 is 14.4 Å². The van der Waals surface area contributed by atoms with Crippen LogP contribution >= 0.6 is 0 Å². The Morgan fingerprint density at radius 2 is 1.02 bits per heavy atom. The van der Waals surface area contributed by atoms with Crippen LogP contribution in [0, 0.1) is 0 Å². The van der Waals surface area contributed by atoms with Crippen LogP contribution in [0.4, 0.5) is 0 Å². The molecule has 0 aliphatic carbocycles. The molecule has 4 heteroatoms. The molecule has 49 heavy (non-hydrogen) atoms. The lowest BCUT2D eigenvalue weighted by Crippen LogP contribution is -2.38. The van der Waals surface area contributed by atoms with Gasteiger partial charge in [0, 0.05) is 32.3 Å². The van der Waals surface area contributed by atoms with Crippen molar-refractivity contribution in [3.63, 3.8) is 0 Å². The Morgan fingerprint density at radius 3 is 1.49 bits per heavy atom. The van der Waals surface area contributed by atoms with Gasteiger partial charge in [-0.05, 0) is 104 Å². The molecular formula is C45H84N2O2. The summed E-state index contributed by atoms with van der Waals surface area (Å²) in [5.74, 6) is 0. The standard InChI is InChI=1S/C45H84N2O2/c1-5-7-9-11-13-15-17-19-21-23-25-27-29-31-33-35-39-48-43-45(42-47-38-37-44(41-47)46(3)4)49-40-36-34-32-30-28-26-24-22-20-18-16-14-12-10-8-6-2/h13-16,19-22,44-45H,5-12,17-18,23-43H2,1-4H3/b15-13-,16-14-,21-19-,22-20-. The lowest BCUT2D eigenvalue weighted by Gasteiger charge is -2.25. The second-order valence-corrected chi connectivity index (χ2v) is 14.9. The van der Waals surface area contributed by atoms with Crippen molar-refractivity contribution in [1.82, 2.24) is 9.80 Å². The fourth-order valence-corrected chi connectivity index (χ4v) is 6.59. The second-order valence-electron chi connectivity index (χ2n) is 14.9. The van der Waals surface area contributed by atoms with Gasteiger partial charge in [-0.3, -0.25) is 4.90 Å². The first-order chi connectivity index (χ1) is 24.2. The topological polar surface area (TPSA) is 24.9 Å². The summed E-state index contributed by atoms with van der Waals surface area (Å²) in [6.45, 7) is 10.4. The number of rotatable bonds is 36. The Balaban J connectivity index is 2.09. The molecule has 1 heterocycles. The van der Waals surface area contributed by atoms with Gasteiger partial charge >= 0.3 is 0 Å². The maximum atomic E-state index is 6.45. The van der Waals surface area contributed by atoms with E-state index >= 15 is 0 Å². The Kier molecular flexibility index (Phi) is 34.2. The molecule has 2 atom stereocenters. The predicted octanol–water partition coefficient (Wildman–Crippen LogP) is 12.7. The Hall–Kier alpha value is -1.20. The molecule has 0 spiro atoms. The van der Waals surface area contributed by atoms with Crippen molar-refractivity contribution < 1.29 is 9.47 Å². The van der Waals surface area contributed by atoms with Crippen molar-refractivity contribution in [2.75, 3.05) is 53.6 Å². The van der Waals surface area contributed by atoms with E-state index in [1.54, 1.807) is 0 Å². The molecule has 0 radical (unpaired) electrons. The molecule has 1 saturated heterocycles. The summed E-state index contributed by atoms with van der Waals surface area (Å²) in [5, 5.41) is 0. The van der Waals surface area contributed by atoms with Crippen molar-refractivity contribution in [2.24, 2.45) is 0 Å². The van der Waals surface area contributed by atoms with Gasteiger partial charge in [-0.1, -0.05) is 140 Å². The van der Waals surface area contributed by atoms with Gasteiger partial charge in [-0.2, -0.15) is 0 Å². The van der Waals surface area contributed by atoms with Gasteiger partial charge in [-0.25, -0.2) is 0 Å². The molecule has 1 aliphatic heterocycles. The molecule has 0 N–H and O–H groups in total. The van der Waals surface area contributed by atoms with Gasteiger partial charge in [0.05, 0.1) is 12.7 Å². The highest BCUT2D eigenvalue weighted by Crippen LogP contribution is 2.16. The van der Waals surface area contributed by atoms with Crippen molar-refractivity contribution in [3.8, 4) is 0 Å². The summed E-state index contributed by atoms with van der Waals surface area (Å²) in [6.07, 6.45) is 51.1. The Labute approximate surface area is 307 Å². The molecule has 0 aromatic heterocycles. The molecule has 4 nitrogen and oxygen atoms in total. The molecule has 1 aliphatic rings. The summed E-state index contributed by atoms with van der Waals surface area (Å²) in [7, 11) is 4.42. The van der Waals surface area contributed by atoms with Crippen LogP contribution in [0.3, 0.4) is 0 Å². The molecule has 0 bridgehead atoms. The highest BCUT2D eigenvalue weighted by Gasteiger charge is 2.26. The second kappa shape index (κ2) is 36.6. The summed E-state index contributed by atoms with van der Waals surface area (Å²) in [4.78, 5) is 4.97. The van der Waals surface area contributed by atoms with Crippen LogP contribution in [0.15, 0.2) is 48.6 Å². The minimum absolute atomic E-state index is 0.198. The predicted molar refractivity (Wildman–Crippen MR) is 218 cm³/mol. The third-order valence-corrected chi connectivity index (χ3v) is 9.93. The van der Waals surface area contributed by atoms with Crippen LogP contribution in [0.25, 0.3) is 0 Å². The van der Waals surface area contributed by atoms with Crippen molar-refractivity contribution in [1.29, 1.82) is 0 Å². The highest BCUT2D eigenvalue weighted by molar-refractivity contribution is 4.93. The van der Waals surface area contributed by atoms with E-state index < -0.39 is 0 Å². The average molecular weight is 685 g/mol. The van der Waals surface area contributed by atoms with E-state index in [1.807, 2.05) is 0 Å². The zero-order chi connectivity index (χ0) is 35.3. The fourth-order valence-electron chi connectivity index (χ4n) is 6.59. The lowest BCUT2D eigenvalue weighted by molar-refractivity contribution is -0.0321. The molecule has 1 fully saturated rings. The number of allylic oxidation sites excluding steroid dienone is 8. The Morgan fingerprint density at radius 1 is 0.571 bits per heavy atom. The van der Waals surface area contributed by atoms with Crippen LogP contribution in [0.1, 0.15) is 174 Å². The normalized spacial score (nSPS) is 16.6. The van der Waals surface area contributed by atoms with E-state index in [4.69, 9.17) is 9.47 Å². The van der Waals surface area contributed by atoms with E-state index in [2.05, 4.69) is 86.4 Å². The molecule has 286 valence electrons. The maximum Gasteiger partial charge on any atom is 0.0934 e. The third kappa shape index (κ3) is 31.3. The number of likely N-dealkylation sites (N-methyl/N-ethyl adjacent to an activating group) is 1. The van der Waals surface area contributed by atoms with E-state index in [0.717, 1.165) is 45.8 Å². The van der Waals surface area contributed by atoms with Gasteiger partial charge in [-0.15, -0.1) is 0 Å². The van der Waals surface area contributed by atoms with Gasteiger partial charge in [0.25, 0.3) is 0 Å². The van der Waals surface area contributed by atoms with Gasteiger partial charge in [0.1, 0.15) is 0 Å². The number of likely N-dealkylation sites (tertiary alicyclic amines) is 1. The first kappa shape index (κ1) is 45.8. The van der Waals surface area contributed by atoms with E-state index in [0.29, 0.717) is 6.04 Å². The summed E-state index contributed by atoms with van der Waals surface area (Å²) >= 11 is 0. The van der Waals surface area contributed by atoms with Gasteiger partial charge in [0.2, 0.25) is 0 Å². The molecule has 0 aromatic rings. The summed E-state index contributed by atoms with van der Waals surface area (Å²) in [6, 6.07) is 0.674. The minimum atomic E-state index is 0.198. The number of nitrogens with zero attached hydrogens (tertiary/aromatic N) is 2. The maximum absolute atomic E-state index is 6.45. The van der Waals surface area contributed by atoms with E-state index in [1.165, 1.54) is 154 Å². The van der Waals surface area contributed by atoms with Crippen LogP contribution in [-0.4, -0.2) is 75.5 Å². The first-order valence-corrected chi connectivity index (χ1v) is 21.3. The molecule has 0 aromatic carbocycles. The quantitative estimate of drug-likeness (QED) is 0.0484. The lowest BCUT2D eigenvalue weighted by atomic mass is 10.1. The number of hydrogen-bond acceptors (Lipinski definition) is 4. The number of hydrogen-bond donors (Lipinski definition) is 0. The highest BCUT2D eigenvalue weighted by atomic mass is 16.5. The van der Waals surface area contributed by atoms with Crippen molar-refractivity contribution in [2.45, 2.75) is 187 Å². The van der Waals surface area contributed by atoms with Crippen LogP contribution in [-0.2, 0) is 9.47 Å². The van der Waals surface area contributed by atoms with Crippen molar-refractivity contribution >= 4 is 0 Å². The zero-order valence-electron chi connectivity index (χ0n) is 33.4. The molecule has 0 saturated carbocycles. The monoisotopic (exact) mass is 685 g/mol. The molecule has 0 amide bonds.